The summed E-state index contributed by atoms with van der Waals surface area (Å²) in [6, 6.07) is 82.3. The summed E-state index contributed by atoms with van der Waals surface area (Å²) in [5.74, 6) is 0. The molecule has 1 aliphatic carbocycles. The summed E-state index contributed by atoms with van der Waals surface area (Å²) < 4.78 is 0. The second kappa shape index (κ2) is 16.5. The molecular weight excluding hydrogens is 771 g/mol. The fourth-order valence-corrected chi connectivity index (χ4v) is 10.5. The smallest absolute Gasteiger partial charge is 0.0465 e. The number of rotatable bonds is 10. The van der Waals surface area contributed by atoms with E-state index in [4.69, 9.17) is 0 Å². The van der Waals surface area contributed by atoms with Gasteiger partial charge in [0.25, 0.3) is 0 Å². The van der Waals surface area contributed by atoms with Gasteiger partial charge in [-0.15, -0.1) is 0 Å². The Bertz CT molecular complexity index is 3270. The highest BCUT2D eigenvalue weighted by Crippen LogP contribution is 2.54. The third-order valence-electron chi connectivity index (χ3n) is 13.7. The van der Waals surface area contributed by atoms with E-state index >= 15 is 0 Å². The average molecular weight is 820 g/mol. The van der Waals surface area contributed by atoms with E-state index in [1.807, 2.05) is 0 Å². The molecule has 0 N–H and O–H groups in total. The van der Waals surface area contributed by atoms with E-state index in [2.05, 4.69) is 255 Å². The average Bonchev–Trinajstić information content (AvgIpc) is 3.64. The molecule has 0 aromatic heterocycles. The lowest BCUT2D eigenvalue weighted by atomic mass is 9.73. The Kier molecular flexibility index (Phi) is 10.1. The summed E-state index contributed by atoms with van der Waals surface area (Å²) in [5.41, 5.74) is 18.8. The Morgan fingerprint density at radius 3 is 1.38 bits per heavy atom. The van der Waals surface area contributed by atoms with Crippen LogP contribution in [0.2, 0.25) is 0 Å². The Labute approximate surface area is 377 Å². The van der Waals surface area contributed by atoms with Gasteiger partial charge in [0, 0.05) is 22.5 Å². The summed E-state index contributed by atoms with van der Waals surface area (Å²) in [5, 5.41) is 5.07. The molecule has 0 amide bonds. The number of nitrogens with zero attached hydrogens (tertiary/aromatic N) is 1. The summed E-state index contributed by atoms with van der Waals surface area (Å²) in [6.07, 6.45) is 6.60. The summed E-state index contributed by atoms with van der Waals surface area (Å²) in [4.78, 5) is 2.38. The molecule has 0 unspecified atom stereocenters. The number of fused-ring (bicyclic) bond motifs is 5. The van der Waals surface area contributed by atoms with Gasteiger partial charge in [0.15, 0.2) is 0 Å². The highest BCUT2D eigenvalue weighted by atomic mass is 15.1. The van der Waals surface area contributed by atoms with E-state index in [-0.39, 0.29) is 5.41 Å². The van der Waals surface area contributed by atoms with Crippen LogP contribution >= 0.6 is 0 Å². The maximum atomic E-state index is 2.46. The molecule has 0 aliphatic heterocycles. The summed E-state index contributed by atoms with van der Waals surface area (Å²) in [7, 11) is 0. The largest absolute Gasteiger partial charge is 0.310 e. The molecule has 10 aromatic carbocycles. The molecular formula is C63H49N. The van der Waals surface area contributed by atoms with Crippen molar-refractivity contribution >= 4 is 50.8 Å². The van der Waals surface area contributed by atoms with E-state index in [1.54, 1.807) is 0 Å². The second-order valence-electron chi connectivity index (χ2n) is 17.1. The van der Waals surface area contributed by atoms with Crippen molar-refractivity contribution < 1.29 is 0 Å². The number of benzene rings is 10. The van der Waals surface area contributed by atoms with Crippen molar-refractivity contribution in [3.05, 3.63) is 247 Å². The lowest BCUT2D eigenvalue weighted by Crippen LogP contribution is -2.23. The minimum absolute atomic E-state index is 0.0698. The van der Waals surface area contributed by atoms with Crippen LogP contribution in [0.1, 0.15) is 48.9 Å². The lowest BCUT2D eigenvalue weighted by Gasteiger charge is -2.32. The zero-order valence-electron chi connectivity index (χ0n) is 36.4. The van der Waals surface area contributed by atoms with Gasteiger partial charge in [0.1, 0.15) is 0 Å². The molecule has 1 aliphatic rings. The van der Waals surface area contributed by atoms with Crippen molar-refractivity contribution in [2.45, 2.75) is 32.1 Å². The fourth-order valence-electron chi connectivity index (χ4n) is 10.5. The molecule has 0 saturated heterocycles. The van der Waals surface area contributed by atoms with Crippen LogP contribution < -0.4 is 4.90 Å². The summed E-state index contributed by atoms with van der Waals surface area (Å²) >= 11 is 0. The van der Waals surface area contributed by atoms with Gasteiger partial charge in [0.2, 0.25) is 0 Å². The predicted octanol–water partition coefficient (Wildman–Crippen LogP) is 17.7. The molecule has 1 nitrogen and oxygen atoms in total. The second-order valence-corrected chi connectivity index (χ2v) is 17.1. The Hall–Kier alpha value is -7.74. The van der Waals surface area contributed by atoms with E-state index in [1.165, 1.54) is 94.0 Å². The Morgan fingerprint density at radius 1 is 0.344 bits per heavy atom. The maximum Gasteiger partial charge on any atom is 0.0465 e. The highest BCUT2D eigenvalue weighted by molar-refractivity contribution is 6.22. The van der Waals surface area contributed by atoms with E-state index in [0.717, 1.165) is 24.2 Å². The number of anilines is 3. The highest BCUT2D eigenvalue weighted by Gasteiger charge is 2.41. The van der Waals surface area contributed by atoms with Crippen LogP contribution in [0, 0.1) is 0 Å². The van der Waals surface area contributed by atoms with Crippen molar-refractivity contribution in [1.29, 1.82) is 0 Å². The first-order valence-corrected chi connectivity index (χ1v) is 22.7. The molecule has 0 spiro atoms. The first kappa shape index (κ1) is 39.1. The zero-order chi connectivity index (χ0) is 43.0. The monoisotopic (exact) mass is 819 g/mol. The first-order valence-electron chi connectivity index (χ1n) is 22.7. The molecule has 11 rings (SSSR count). The van der Waals surface area contributed by atoms with Gasteiger partial charge in [-0.05, 0) is 144 Å². The molecule has 1 heteroatoms. The van der Waals surface area contributed by atoms with Crippen LogP contribution in [-0.2, 0) is 5.41 Å². The van der Waals surface area contributed by atoms with E-state index in [9.17, 15) is 0 Å². The molecule has 0 heterocycles. The van der Waals surface area contributed by atoms with Crippen LogP contribution in [0.3, 0.4) is 0 Å². The lowest BCUT2D eigenvalue weighted by molar-refractivity contribution is 0.490. The van der Waals surface area contributed by atoms with Crippen LogP contribution in [0.25, 0.3) is 78.2 Å². The number of hydrogen-bond donors (Lipinski definition) is 0. The van der Waals surface area contributed by atoms with Crippen LogP contribution in [-0.4, -0.2) is 0 Å². The molecule has 10 aromatic rings. The van der Waals surface area contributed by atoms with Gasteiger partial charge in [-0.25, -0.2) is 0 Å². The van der Waals surface area contributed by atoms with Crippen LogP contribution in [0.15, 0.2) is 224 Å². The Morgan fingerprint density at radius 2 is 0.797 bits per heavy atom. The van der Waals surface area contributed by atoms with Crippen molar-refractivity contribution in [1.82, 2.24) is 0 Å². The molecule has 64 heavy (non-hydrogen) atoms. The van der Waals surface area contributed by atoms with Crippen LogP contribution in [0.4, 0.5) is 17.1 Å². The molecule has 0 fully saturated rings. The van der Waals surface area contributed by atoms with E-state index in [0.29, 0.717) is 0 Å². The van der Waals surface area contributed by atoms with Crippen molar-refractivity contribution in [3.8, 4) is 44.5 Å². The molecule has 0 radical (unpaired) electrons. The SMILES string of the molecule is CCC1(CC)c2cc(/C=C/c3ccc(-c4ccc5c(-c6ccccc6)c6ccccc6c(-c6ccccc6)c5c4)cc3)ccc2-c2ccc(N(c3ccccc3)c3ccccc3)cc21. The van der Waals surface area contributed by atoms with Gasteiger partial charge in [-0.2, -0.15) is 0 Å². The predicted molar refractivity (Wildman–Crippen MR) is 275 cm³/mol. The van der Waals surface area contributed by atoms with Crippen molar-refractivity contribution in [3.63, 3.8) is 0 Å². The maximum absolute atomic E-state index is 2.46. The minimum Gasteiger partial charge on any atom is -0.310 e. The van der Waals surface area contributed by atoms with Crippen molar-refractivity contribution in [2.75, 3.05) is 4.90 Å². The van der Waals surface area contributed by atoms with Gasteiger partial charge in [-0.3, -0.25) is 0 Å². The molecule has 306 valence electrons. The normalized spacial score (nSPS) is 12.7. The number of para-hydroxylation sites is 2. The molecule has 0 atom stereocenters. The standard InChI is InChI=1S/C63H49N/c1-3-63(4-2)59-41-45(33-38-53(59)54-40-37-52(43-60(54)63)64(50-23-13-7-14-24-50)51-25-15-8-16-26-51)30-29-44-31-34-46(35-32-44)49-36-39-57-58(42-49)62(48-21-11-6-12-22-48)56-28-18-17-27-55(56)61(57)47-19-9-5-10-20-47/h5-43H,3-4H2,1-2H3/b30-29+. The first-order chi connectivity index (χ1) is 31.6. The van der Waals surface area contributed by atoms with Gasteiger partial charge in [0.05, 0.1) is 0 Å². The summed E-state index contributed by atoms with van der Waals surface area (Å²) in [6.45, 7) is 4.71. The number of hydrogen-bond acceptors (Lipinski definition) is 1. The topological polar surface area (TPSA) is 3.24 Å². The van der Waals surface area contributed by atoms with Gasteiger partial charge >= 0.3 is 0 Å². The van der Waals surface area contributed by atoms with Crippen LogP contribution in [0.5, 0.6) is 0 Å². The zero-order valence-corrected chi connectivity index (χ0v) is 36.4. The third-order valence-corrected chi connectivity index (χ3v) is 13.7. The third kappa shape index (κ3) is 6.73. The Balaban J connectivity index is 0.924. The quantitative estimate of drug-likeness (QED) is 0.0981. The van der Waals surface area contributed by atoms with Gasteiger partial charge < -0.3 is 4.90 Å². The fraction of sp³-hybridized carbons (Fsp3) is 0.0794. The minimum atomic E-state index is -0.0698. The molecule has 0 bridgehead atoms. The van der Waals surface area contributed by atoms with Gasteiger partial charge in [-0.1, -0.05) is 208 Å². The molecule has 0 saturated carbocycles. The van der Waals surface area contributed by atoms with E-state index < -0.39 is 0 Å². The van der Waals surface area contributed by atoms with Crippen molar-refractivity contribution in [2.24, 2.45) is 0 Å².